The van der Waals surface area contributed by atoms with Crippen LogP contribution in [0.3, 0.4) is 0 Å². The summed E-state index contributed by atoms with van der Waals surface area (Å²) in [5.74, 6) is 1.53. The maximum absolute atomic E-state index is 5.88. The van der Waals surface area contributed by atoms with Crippen molar-refractivity contribution in [3.05, 3.63) is 97.1 Å². The van der Waals surface area contributed by atoms with Gasteiger partial charge in [0.15, 0.2) is 0 Å². The van der Waals surface area contributed by atoms with E-state index in [1.54, 1.807) is 33.3 Å². The van der Waals surface area contributed by atoms with Gasteiger partial charge < -0.3 is 19.3 Å². The minimum absolute atomic E-state index is 0.441. The second-order valence-electron chi connectivity index (χ2n) is 8.97. The Morgan fingerprint density at radius 3 is 1.24 bits per heavy atom. The SMILES string of the molecule is CN(C)C(=S)Oc1ccccc1Sc1ccc(SCSc2ccc(Sc3ccccc3OC(=S)N(C)C)cc2)cc1. The third-order valence-corrected chi connectivity index (χ3v) is 10.6. The van der Waals surface area contributed by atoms with Crippen molar-refractivity contribution in [2.24, 2.45) is 0 Å². The lowest BCUT2D eigenvalue weighted by Gasteiger charge is -2.16. The van der Waals surface area contributed by atoms with Crippen molar-refractivity contribution >= 4 is 81.8 Å². The van der Waals surface area contributed by atoms with Crippen LogP contribution in [0, 0.1) is 0 Å². The number of hydrogen-bond acceptors (Lipinski definition) is 8. The zero-order valence-corrected chi connectivity index (χ0v) is 28.0. The molecule has 0 fully saturated rings. The van der Waals surface area contributed by atoms with Crippen molar-refractivity contribution < 1.29 is 9.47 Å². The maximum atomic E-state index is 5.88. The lowest BCUT2D eigenvalue weighted by Crippen LogP contribution is -2.25. The molecule has 0 N–H and O–H groups in total. The van der Waals surface area contributed by atoms with E-state index in [1.165, 1.54) is 9.79 Å². The van der Waals surface area contributed by atoms with Crippen LogP contribution in [0.25, 0.3) is 0 Å². The minimum Gasteiger partial charge on any atom is -0.431 e. The Hall–Kier alpha value is -2.34. The van der Waals surface area contributed by atoms with Crippen LogP contribution in [0.4, 0.5) is 0 Å². The lowest BCUT2D eigenvalue weighted by molar-refractivity contribution is 0.442. The molecular formula is C31H30N2O2S6. The third-order valence-electron chi connectivity index (χ3n) is 5.38. The molecule has 0 aliphatic rings. The molecule has 0 aromatic heterocycles. The summed E-state index contributed by atoms with van der Waals surface area (Å²) >= 11 is 17.6. The van der Waals surface area contributed by atoms with E-state index in [4.69, 9.17) is 33.9 Å². The first-order valence-electron chi connectivity index (χ1n) is 12.6. The van der Waals surface area contributed by atoms with Gasteiger partial charge >= 0.3 is 0 Å². The van der Waals surface area contributed by atoms with Crippen LogP contribution in [0.1, 0.15) is 0 Å². The molecule has 0 saturated carbocycles. The zero-order valence-electron chi connectivity index (χ0n) is 23.1. The highest BCUT2D eigenvalue weighted by molar-refractivity contribution is 8.16. The molecule has 0 amide bonds. The molecule has 0 aliphatic heterocycles. The summed E-state index contributed by atoms with van der Waals surface area (Å²) in [7, 11) is 7.51. The van der Waals surface area contributed by atoms with Gasteiger partial charge in [-0.3, -0.25) is 0 Å². The molecule has 0 aliphatic carbocycles. The van der Waals surface area contributed by atoms with Crippen LogP contribution in [0.5, 0.6) is 11.5 Å². The fraction of sp³-hybridized carbons (Fsp3) is 0.161. The Balaban J connectivity index is 1.27. The fourth-order valence-corrected chi connectivity index (χ4v) is 7.16. The van der Waals surface area contributed by atoms with Gasteiger partial charge in [-0.15, -0.1) is 23.5 Å². The number of hydrogen-bond donors (Lipinski definition) is 0. The summed E-state index contributed by atoms with van der Waals surface area (Å²) in [6.45, 7) is 0. The van der Waals surface area contributed by atoms with Crippen molar-refractivity contribution in [3.63, 3.8) is 0 Å². The fourth-order valence-electron chi connectivity index (χ4n) is 3.24. The van der Waals surface area contributed by atoms with Gasteiger partial charge in [0, 0.05) is 52.9 Å². The summed E-state index contributed by atoms with van der Waals surface area (Å²) in [4.78, 5) is 10.4. The molecule has 4 aromatic rings. The van der Waals surface area contributed by atoms with Gasteiger partial charge in [-0.25, -0.2) is 0 Å². The molecule has 0 unspecified atom stereocenters. The Bertz CT molecular complexity index is 1350. The molecule has 0 spiro atoms. The first-order chi connectivity index (χ1) is 19.8. The van der Waals surface area contributed by atoms with Gasteiger partial charge in [-0.2, -0.15) is 0 Å². The molecular weight excluding hydrogens is 625 g/mol. The summed E-state index contributed by atoms with van der Waals surface area (Å²) in [6.07, 6.45) is 0. The molecule has 4 nitrogen and oxygen atoms in total. The molecule has 4 rings (SSSR count). The largest absolute Gasteiger partial charge is 0.431 e. The molecule has 0 heterocycles. The van der Waals surface area contributed by atoms with Gasteiger partial charge in [0.2, 0.25) is 0 Å². The molecule has 212 valence electrons. The Morgan fingerprint density at radius 1 is 0.537 bits per heavy atom. The van der Waals surface area contributed by atoms with Crippen LogP contribution >= 0.6 is 71.5 Å². The number of para-hydroxylation sites is 2. The second-order valence-corrected chi connectivity index (χ2v) is 14.4. The summed E-state index contributed by atoms with van der Waals surface area (Å²) in [5.41, 5.74) is 0. The molecule has 0 saturated heterocycles. The van der Waals surface area contributed by atoms with Gasteiger partial charge in [0.1, 0.15) is 11.5 Å². The topological polar surface area (TPSA) is 24.9 Å². The third kappa shape index (κ3) is 9.87. The Morgan fingerprint density at radius 2 is 0.878 bits per heavy atom. The lowest BCUT2D eigenvalue weighted by atomic mass is 10.3. The van der Waals surface area contributed by atoms with E-state index in [1.807, 2.05) is 88.1 Å². The number of rotatable bonds is 10. The number of ether oxygens (including phenoxy) is 2. The first-order valence-corrected chi connectivity index (χ1v) is 17.0. The van der Waals surface area contributed by atoms with Crippen molar-refractivity contribution in [2.45, 2.75) is 29.4 Å². The Kier molecular flexibility index (Phi) is 12.1. The van der Waals surface area contributed by atoms with Crippen LogP contribution in [-0.2, 0) is 0 Å². The van der Waals surface area contributed by atoms with E-state index in [2.05, 4.69) is 60.7 Å². The standard InChI is InChI=1S/C31H30N2O2S6/c1-32(2)30(36)34-26-9-5-7-11-28(26)40-24-17-13-22(14-18-24)38-21-39-23-15-19-25(20-16-23)41-29-12-8-6-10-27(29)35-31(37)33(3)4/h5-20H,21H2,1-4H3. The normalized spacial score (nSPS) is 10.6. The second kappa shape index (κ2) is 15.8. The van der Waals surface area contributed by atoms with Crippen LogP contribution in [0.2, 0.25) is 0 Å². The summed E-state index contributed by atoms with van der Waals surface area (Å²) in [5, 5.41) is 1.81. The smallest absolute Gasteiger partial charge is 0.264 e. The number of thiocarbonyl (C=S) groups is 2. The number of benzene rings is 4. The first kappa shape index (κ1) is 31.6. The average molecular weight is 655 g/mol. The van der Waals surface area contributed by atoms with Crippen molar-refractivity contribution in [3.8, 4) is 11.5 Å². The highest BCUT2D eigenvalue weighted by atomic mass is 32.2. The highest BCUT2D eigenvalue weighted by Crippen LogP contribution is 2.38. The Labute approximate surface area is 270 Å². The predicted molar refractivity (Wildman–Crippen MR) is 184 cm³/mol. The molecule has 0 atom stereocenters. The van der Waals surface area contributed by atoms with Gasteiger partial charge in [0.25, 0.3) is 10.3 Å². The molecule has 10 heteroatoms. The van der Waals surface area contributed by atoms with E-state index in [0.29, 0.717) is 10.3 Å². The van der Waals surface area contributed by atoms with Crippen molar-refractivity contribution in [1.29, 1.82) is 0 Å². The predicted octanol–water partition coefficient (Wildman–Crippen LogP) is 9.28. The molecule has 41 heavy (non-hydrogen) atoms. The van der Waals surface area contributed by atoms with Crippen molar-refractivity contribution in [1.82, 2.24) is 9.80 Å². The van der Waals surface area contributed by atoms with Crippen LogP contribution in [0.15, 0.2) is 126 Å². The van der Waals surface area contributed by atoms with Gasteiger partial charge in [-0.05, 0) is 97.2 Å². The summed E-state index contributed by atoms with van der Waals surface area (Å²) in [6, 6.07) is 33.2. The summed E-state index contributed by atoms with van der Waals surface area (Å²) < 4.78 is 11.8. The molecule has 0 bridgehead atoms. The van der Waals surface area contributed by atoms with Crippen molar-refractivity contribution in [2.75, 3.05) is 33.3 Å². The maximum Gasteiger partial charge on any atom is 0.264 e. The zero-order chi connectivity index (χ0) is 29.2. The van der Waals surface area contributed by atoms with E-state index in [0.717, 1.165) is 36.2 Å². The average Bonchev–Trinajstić information content (AvgIpc) is 2.96. The molecule has 0 radical (unpaired) electrons. The van der Waals surface area contributed by atoms with E-state index < -0.39 is 0 Å². The van der Waals surface area contributed by atoms with Crippen LogP contribution < -0.4 is 9.47 Å². The van der Waals surface area contributed by atoms with E-state index in [9.17, 15) is 0 Å². The number of thioether (sulfide) groups is 2. The molecule has 4 aromatic carbocycles. The van der Waals surface area contributed by atoms with E-state index in [-0.39, 0.29) is 0 Å². The highest BCUT2D eigenvalue weighted by Gasteiger charge is 2.11. The monoisotopic (exact) mass is 654 g/mol. The van der Waals surface area contributed by atoms with Gasteiger partial charge in [-0.1, -0.05) is 47.8 Å². The number of nitrogens with zero attached hydrogens (tertiary/aromatic N) is 2. The van der Waals surface area contributed by atoms with Crippen LogP contribution in [-0.4, -0.2) is 53.4 Å². The quantitative estimate of drug-likeness (QED) is 0.0935. The minimum atomic E-state index is 0.441. The van der Waals surface area contributed by atoms with Gasteiger partial charge in [0.05, 0.1) is 9.79 Å². The van der Waals surface area contributed by atoms with E-state index >= 15 is 0 Å².